The van der Waals surface area contributed by atoms with E-state index in [2.05, 4.69) is 30.7 Å². The van der Waals surface area contributed by atoms with Crippen molar-refractivity contribution in [2.75, 3.05) is 36.4 Å². The van der Waals surface area contributed by atoms with Gasteiger partial charge in [-0.3, -0.25) is 4.79 Å². The molecule has 6 rings (SSSR count). The number of benzene rings is 2. The number of pyridine rings is 1. The monoisotopic (exact) mass is 584 g/mol. The van der Waals surface area contributed by atoms with Crippen molar-refractivity contribution in [2.24, 2.45) is 0 Å². The molecule has 2 bridgehead atoms. The van der Waals surface area contributed by atoms with Gasteiger partial charge in [0, 0.05) is 37.9 Å². The Labute approximate surface area is 248 Å². The molecular weight excluding hydrogens is 550 g/mol. The van der Waals surface area contributed by atoms with Gasteiger partial charge in [0.25, 0.3) is 0 Å². The van der Waals surface area contributed by atoms with E-state index in [4.69, 9.17) is 4.98 Å². The number of hydrogen-bond donors (Lipinski definition) is 1. The van der Waals surface area contributed by atoms with Crippen LogP contribution in [0.25, 0.3) is 28.0 Å². The zero-order valence-electron chi connectivity index (χ0n) is 24.5. The van der Waals surface area contributed by atoms with Crippen LogP contribution >= 0.6 is 0 Å². The molecule has 0 saturated carbocycles. The van der Waals surface area contributed by atoms with Crippen molar-refractivity contribution < 1.29 is 13.6 Å². The van der Waals surface area contributed by atoms with Gasteiger partial charge in [-0.15, -0.1) is 0 Å². The molecule has 1 fully saturated rings. The molecule has 1 atom stereocenters. The number of fused-ring (bicyclic) bond motifs is 5. The molecule has 8 nitrogen and oxygen atoms in total. The number of aromatic nitrogens is 3. The summed E-state index contributed by atoms with van der Waals surface area (Å²) in [4.78, 5) is 39.4. The quantitative estimate of drug-likeness (QED) is 0.324. The predicted molar refractivity (Wildman–Crippen MR) is 165 cm³/mol. The molecule has 222 valence electrons. The standard InChI is InChI=1S/C33H34F2N6O2/c1-5-27(42)39-15-16-40(20(4)18-39)31-23-17-25(35)29-28-24(34)12-7-13-26(28)36-14-8-10-21-9-6-11-22(19(2)3)30(21)41(32(23)37-29)33(43)38-31/h5-7,9,11-13,17,19-20,36H,1,8,10,14-16,18H2,2-4H3/t20-/m0/s1. The second-order valence-electron chi connectivity index (χ2n) is 11.5. The van der Waals surface area contributed by atoms with Crippen molar-refractivity contribution in [3.8, 4) is 16.9 Å². The summed E-state index contributed by atoms with van der Waals surface area (Å²) in [6, 6.07) is 11.6. The molecule has 43 heavy (non-hydrogen) atoms. The van der Waals surface area contributed by atoms with Gasteiger partial charge in [-0.05, 0) is 61.1 Å². The maximum atomic E-state index is 16.1. The van der Waals surface area contributed by atoms with Gasteiger partial charge in [-0.25, -0.2) is 23.1 Å². The first-order valence-electron chi connectivity index (χ1n) is 14.7. The topological polar surface area (TPSA) is 83.4 Å². The van der Waals surface area contributed by atoms with E-state index in [-0.39, 0.29) is 40.6 Å². The van der Waals surface area contributed by atoms with Crippen LogP contribution < -0.4 is 15.9 Å². The summed E-state index contributed by atoms with van der Waals surface area (Å²) >= 11 is 0. The maximum Gasteiger partial charge on any atom is 0.355 e. The molecule has 2 aliphatic rings. The lowest BCUT2D eigenvalue weighted by Gasteiger charge is -2.40. The fraction of sp³-hybridized carbons (Fsp3) is 0.333. The lowest BCUT2D eigenvalue weighted by atomic mass is 9.95. The third kappa shape index (κ3) is 4.94. The van der Waals surface area contributed by atoms with Crippen LogP contribution in [-0.2, 0) is 11.2 Å². The van der Waals surface area contributed by atoms with Crippen molar-refractivity contribution in [3.63, 3.8) is 0 Å². The van der Waals surface area contributed by atoms with Crippen molar-refractivity contribution >= 4 is 28.4 Å². The summed E-state index contributed by atoms with van der Waals surface area (Å²) < 4.78 is 33.0. The molecule has 0 spiro atoms. The minimum atomic E-state index is -0.726. The van der Waals surface area contributed by atoms with Crippen molar-refractivity contribution in [3.05, 3.63) is 88.4 Å². The summed E-state index contributed by atoms with van der Waals surface area (Å²) in [7, 11) is 0. The molecule has 1 N–H and O–H groups in total. The molecule has 4 heterocycles. The zero-order valence-corrected chi connectivity index (χ0v) is 24.5. The Morgan fingerprint density at radius 2 is 1.91 bits per heavy atom. The van der Waals surface area contributed by atoms with E-state index in [0.29, 0.717) is 55.8 Å². The number of halogens is 2. The number of nitrogens with one attached hydrogen (secondary N) is 1. The number of hydrogen-bond acceptors (Lipinski definition) is 6. The van der Waals surface area contributed by atoms with Gasteiger partial charge >= 0.3 is 5.69 Å². The third-order valence-corrected chi connectivity index (χ3v) is 8.37. The molecule has 0 unspecified atom stereocenters. The highest BCUT2D eigenvalue weighted by atomic mass is 19.1. The molecule has 1 saturated heterocycles. The van der Waals surface area contributed by atoms with Crippen molar-refractivity contribution in [2.45, 2.75) is 45.6 Å². The number of carbonyl (C=O) groups excluding carboxylic acids is 1. The normalized spacial score (nSPS) is 16.7. The number of aryl methyl sites for hydroxylation is 1. The first-order chi connectivity index (χ1) is 20.7. The second kappa shape index (κ2) is 11.2. The Morgan fingerprint density at radius 1 is 1.12 bits per heavy atom. The molecular formula is C33H34F2N6O2. The number of nitrogens with zero attached hydrogens (tertiary/aromatic N) is 5. The van der Waals surface area contributed by atoms with E-state index in [0.717, 1.165) is 11.1 Å². The van der Waals surface area contributed by atoms with Crippen LogP contribution in [-0.4, -0.2) is 57.6 Å². The largest absolute Gasteiger partial charge is 0.384 e. The number of rotatable bonds is 3. The first-order valence-corrected chi connectivity index (χ1v) is 14.7. The number of piperazine rings is 1. The molecule has 0 radical (unpaired) electrons. The van der Waals surface area contributed by atoms with Crippen LogP contribution in [0.1, 0.15) is 44.2 Å². The summed E-state index contributed by atoms with van der Waals surface area (Å²) in [5.74, 6) is -1.16. The van der Waals surface area contributed by atoms with E-state index in [1.54, 1.807) is 17.0 Å². The van der Waals surface area contributed by atoms with Gasteiger partial charge in [0.05, 0.1) is 16.6 Å². The van der Waals surface area contributed by atoms with E-state index >= 15 is 8.78 Å². The molecule has 0 aliphatic carbocycles. The van der Waals surface area contributed by atoms with Crippen molar-refractivity contribution in [1.82, 2.24) is 19.4 Å². The van der Waals surface area contributed by atoms with Crippen LogP contribution in [0.4, 0.5) is 20.3 Å². The van der Waals surface area contributed by atoms with E-state index in [1.165, 1.54) is 22.8 Å². The summed E-state index contributed by atoms with van der Waals surface area (Å²) in [6.45, 7) is 11.3. The fourth-order valence-electron chi connectivity index (χ4n) is 6.27. The average Bonchev–Trinajstić information content (AvgIpc) is 2.98. The average molecular weight is 585 g/mol. The molecule has 2 aliphatic heterocycles. The molecule has 10 heteroatoms. The smallest absolute Gasteiger partial charge is 0.355 e. The van der Waals surface area contributed by atoms with Crippen LogP contribution in [0.15, 0.2) is 59.9 Å². The lowest BCUT2D eigenvalue weighted by molar-refractivity contribution is -0.126. The van der Waals surface area contributed by atoms with Gasteiger partial charge in [0.15, 0.2) is 11.5 Å². The van der Waals surface area contributed by atoms with Gasteiger partial charge in [0.2, 0.25) is 5.91 Å². The van der Waals surface area contributed by atoms with Gasteiger partial charge in [-0.1, -0.05) is 44.7 Å². The van der Waals surface area contributed by atoms with Crippen LogP contribution in [0.3, 0.4) is 0 Å². The lowest BCUT2D eigenvalue weighted by Crippen LogP contribution is -2.54. The van der Waals surface area contributed by atoms with Gasteiger partial charge < -0.3 is 15.1 Å². The SMILES string of the molecule is C=CC(=O)N1CCN(c2nc(=O)n3c4nc(c(F)cc24)-c2c(F)cccc2NCCCc2cccc(C(C)C)c2-3)[C@@H](C)C1. The molecule has 4 aromatic rings. The summed E-state index contributed by atoms with van der Waals surface area (Å²) in [6.07, 6.45) is 2.62. The van der Waals surface area contributed by atoms with Gasteiger partial charge in [0.1, 0.15) is 17.3 Å². The Balaban J connectivity index is 1.68. The highest BCUT2D eigenvalue weighted by Crippen LogP contribution is 2.37. The predicted octanol–water partition coefficient (Wildman–Crippen LogP) is 5.43. The van der Waals surface area contributed by atoms with E-state index in [9.17, 15) is 9.59 Å². The van der Waals surface area contributed by atoms with E-state index in [1.807, 2.05) is 30.0 Å². The van der Waals surface area contributed by atoms with Crippen LogP contribution in [0.5, 0.6) is 0 Å². The Hall–Kier alpha value is -4.60. The summed E-state index contributed by atoms with van der Waals surface area (Å²) in [5, 5.41) is 3.61. The van der Waals surface area contributed by atoms with Gasteiger partial charge in [-0.2, -0.15) is 4.98 Å². The summed E-state index contributed by atoms with van der Waals surface area (Å²) in [5.41, 5.74) is 2.48. The number of anilines is 2. The second-order valence-corrected chi connectivity index (χ2v) is 11.5. The van der Waals surface area contributed by atoms with Crippen molar-refractivity contribution in [1.29, 1.82) is 0 Å². The Kier molecular flexibility index (Phi) is 7.45. The highest BCUT2D eigenvalue weighted by molar-refractivity contribution is 5.92. The number of amides is 1. The number of carbonyl (C=O) groups is 1. The minimum absolute atomic E-state index is 0.0159. The fourth-order valence-corrected chi connectivity index (χ4v) is 6.27. The first kappa shape index (κ1) is 28.5. The van der Waals surface area contributed by atoms with Crippen LogP contribution in [0, 0.1) is 11.6 Å². The number of para-hydroxylation sites is 1. The minimum Gasteiger partial charge on any atom is -0.384 e. The highest BCUT2D eigenvalue weighted by Gasteiger charge is 2.31. The van der Waals surface area contributed by atoms with Crippen LogP contribution in [0.2, 0.25) is 0 Å². The van der Waals surface area contributed by atoms with E-state index < -0.39 is 17.3 Å². The third-order valence-electron chi connectivity index (χ3n) is 8.37. The maximum absolute atomic E-state index is 16.1. The zero-order chi connectivity index (χ0) is 30.4. The Bertz CT molecular complexity index is 1820. The Morgan fingerprint density at radius 3 is 2.65 bits per heavy atom. The molecule has 1 amide bonds. The molecule has 2 aromatic carbocycles. The molecule has 2 aromatic heterocycles.